The highest BCUT2D eigenvalue weighted by molar-refractivity contribution is 9.10. The molecule has 0 aliphatic rings. The Morgan fingerprint density at radius 1 is 1.00 bits per heavy atom. The molecule has 0 atom stereocenters. The fourth-order valence-electron chi connectivity index (χ4n) is 1.68. The second-order valence-electron chi connectivity index (χ2n) is 4.21. The molecule has 24 heavy (non-hydrogen) atoms. The summed E-state index contributed by atoms with van der Waals surface area (Å²) in [6, 6.07) is 5.17. The van der Waals surface area contributed by atoms with E-state index in [4.69, 9.17) is 10.5 Å². The van der Waals surface area contributed by atoms with Gasteiger partial charge in [0.2, 0.25) is 5.75 Å². The van der Waals surface area contributed by atoms with Gasteiger partial charge in [-0.15, -0.1) is 0 Å². The van der Waals surface area contributed by atoms with Crippen LogP contribution in [0.3, 0.4) is 0 Å². The molecular weight excluding hydrogens is 458 g/mol. The van der Waals surface area contributed by atoms with E-state index in [0.717, 1.165) is 6.07 Å². The van der Waals surface area contributed by atoms with Gasteiger partial charge in [-0.25, -0.2) is 8.78 Å². The summed E-state index contributed by atoms with van der Waals surface area (Å²) >= 11 is 6.05. The van der Waals surface area contributed by atoms with Gasteiger partial charge in [0.25, 0.3) is 0 Å². The Bertz CT molecular complexity index is 737. The van der Waals surface area contributed by atoms with Crippen molar-refractivity contribution in [2.75, 3.05) is 20.0 Å². The Hall–Kier alpha value is -1.94. The third-order valence-electron chi connectivity index (χ3n) is 2.63. The number of nitrogens with zero attached hydrogens (tertiary/aromatic N) is 1. The van der Waals surface area contributed by atoms with Crippen LogP contribution in [0, 0.1) is 21.7 Å². The number of ether oxygens (including phenoxy) is 2. The average molecular weight is 470 g/mol. The molecule has 0 spiro atoms. The smallest absolute Gasteiger partial charge is 0.315 e. The molecule has 0 heterocycles. The number of hydrogen-bond acceptors (Lipinski definition) is 5. The van der Waals surface area contributed by atoms with E-state index in [1.54, 1.807) is 6.07 Å². The van der Waals surface area contributed by atoms with Gasteiger partial charge >= 0.3 is 5.69 Å². The van der Waals surface area contributed by atoms with E-state index in [2.05, 4.69) is 36.6 Å². The molecular formula is C14H12Br2F2N2O4. The van der Waals surface area contributed by atoms with Crippen molar-refractivity contribution < 1.29 is 23.2 Å². The summed E-state index contributed by atoms with van der Waals surface area (Å²) in [6.07, 6.45) is 0. The monoisotopic (exact) mass is 468 g/mol. The highest BCUT2D eigenvalue weighted by Crippen LogP contribution is 2.33. The molecule has 2 N–H and O–H groups in total. The number of hydrogen-bond donors (Lipinski definition) is 1. The van der Waals surface area contributed by atoms with E-state index in [9.17, 15) is 18.9 Å². The van der Waals surface area contributed by atoms with Gasteiger partial charge in [-0.3, -0.25) is 10.1 Å². The zero-order valence-electron chi connectivity index (χ0n) is 12.5. The Balaban J connectivity index is 0.000000243. The van der Waals surface area contributed by atoms with E-state index < -0.39 is 22.2 Å². The summed E-state index contributed by atoms with van der Waals surface area (Å²) in [5.74, 6) is -1.48. The van der Waals surface area contributed by atoms with Crippen molar-refractivity contribution >= 4 is 43.2 Å². The maximum absolute atomic E-state index is 13.0. The van der Waals surface area contributed by atoms with Gasteiger partial charge in [0.15, 0.2) is 17.4 Å². The van der Waals surface area contributed by atoms with Crippen LogP contribution in [0.25, 0.3) is 0 Å². The molecule has 6 nitrogen and oxygen atoms in total. The van der Waals surface area contributed by atoms with Gasteiger partial charge in [-0.05, 0) is 18.2 Å². The Labute approximate surface area is 153 Å². The highest BCUT2D eigenvalue weighted by atomic mass is 79.9. The first-order valence-electron chi connectivity index (χ1n) is 6.17. The highest BCUT2D eigenvalue weighted by Gasteiger charge is 2.19. The second-order valence-corrected chi connectivity index (χ2v) is 6.04. The number of nitrogens with two attached hydrogens (primary N) is 1. The SMILES string of the molecule is COc1c(F)cc(Br)cc1[N+](=O)[O-].COc1c(N)cc(Br)cc1F. The Morgan fingerprint density at radius 2 is 1.46 bits per heavy atom. The molecule has 0 aromatic heterocycles. The van der Waals surface area contributed by atoms with Gasteiger partial charge in [0.1, 0.15) is 0 Å². The lowest BCUT2D eigenvalue weighted by Crippen LogP contribution is -1.96. The molecule has 0 amide bonds. The summed E-state index contributed by atoms with van der Waals surface area (Å²) in [5, 5.41) is 10.4. The van der Waals surface area contributed by atoms with Crippen molar-refractivity contribution in [3.05, 3.63) is 55.0 Å². The van der Waals surface area contributed by atoms with Crippen LogP contribution >= 0.6 is 31.9 Å². The second kappa shape index (κ2) is 8.78. The maximum Gasteiger partial charge on any atom is 0.315 e. The zero-order chi connectivity index (χ0) is 18.4. The minimum Gasteiger partial charge on any atom is -0.492 e. The lowest BCUT2D eigenvalue weighted by atomic mass is 10.3. The molecule has 2 rings (SSSR count). The lowest BCUT2D eigenvalue weighted by molar-refractivity contribution is -0.386. The standard InChI is InChI=1S/C7H5BrFNO3.C7H7BrFNO/c1-13-7-5(9)2-4(8)3-6(7)10(11)12;1-11-7-5(9)2-4(8)3-6(7)10/h2-3H,1H3;2-3H,10H2,1H3. The van der Waals surface area contributed by atoms with Crippen molar-refractivity contribution in [1.82, 2.24) is 0 Å². The van der Waals surface area contributed by atoms with E-state index in [1.807, 2.05) is 0 Å². The molecule has 0 saturated heterocycles. The number of halogens is 4. The normalized spacial score (nSPS) is 9.75. The van der Waals surface area contributed by atoms with E-state index in [1.165, 1.54) is 26.4 Å². The van der Waals surface area contributed by atoms with Crippen molar-refractivity contribution in [2.45, 2.75) is 0 Å². The van der Waals surface area contributed by atoms with Crippen LogP contribution in [-0.4, -0.2) is 19.1 Å². The maximum atomic E-state index is 13.0. The van der Waals surface area contributed by atoms with Crippen LogP contribution in [0.4, 0.5) is 20.2 Å². The first kappa shape index (κ1) is 20.1. The largest absolute Gasteiger partial charge is 0.492 e. The van der Waals surface area contributed by atoms with Crippen LogP contribution in [0.5, 0.6) is 11.5 Å². The predicted octanol–water partition coefficient (Wildman–Crippen LogP) is 4.68. The molecule has 130 valence electrons. The molecule has 0 fully saturated rings. The molecule has 0 bridgehead atoms. The molecule has 0 radical (unpaired) electrons. The number of nitro benzene ring substituents is 1. The number of nitro groups is 1. The van der Waals surface area contributed by atoms with Crippen molar-refractivity contribution in [3.63, 3.8) is 0 Å². The van der Waals surface area contributed by atoms with Crippen molar-refractivity contribution in [1.29, 1.82) is 0 Å². The van der Waals surface area contributed by atoms with Crippen LogP contribution in [0.15, 0.2) is 33.2 Å². The van der Waals surface area contributed by atoms with Crippen LogP contribution < -0.4 is 15.2 Å². The van der Waals surface area contributed by atoms with Gasteiger partial charge in [-0.1, -0.05) is 31.9 Å². The Kier molecular flexibility index (Phi) is 7.36. The number of methoxy groups -OCH3 is 2. The van der Waals surface area contributed by atoms with Gasteiger partial charge < -0.3 is 15.2 Å². The molecule has 0 aliphatic carbocycles. The van der Waals surface area contributed by atoms with Crippen LogP contribution in [0.1, 0.15) is 0 Å². The zero-order valence-corrected chi connectivity index (χ0v) is 15.7. The van der Waals surface area contributed by atoms with E-state index >= 15 is 0 Å². The molecule has 0 saturated carbocycles. The van der Waals surface area contributed by atoms with Gasteiger partial charge in [0, 0.05) is 15.0 Å². The molecule has 2 aromatic rings. The molecule has 0 unspecified atom stereocenters. The summed E-state index contributed by atoms with van der Waals surface area (Å²) in [5.41, 5.74) is 5.33. The molecule has 0 aliphatic heterocycles. The first-order chi connectivity index (χ1) is 11.2. The average Bonchev–Trinajstić information content (AvgIpc) is 2.46. The van der Waals surface area contributed by atoms with Gasteiger partial charge in [0.05, 0.1) is 24.8 Å². The number of anilines is 1. The first-order valence-corrected chi connectivity index (χ1v) is 7.75. The van der Waals surface area contributed by atoms with Gasteiger partial charge in [-0.2, -0.15) is 0 Å². The number of rotatable bonds is 3. The predicted molar refractivity (Wildman–Crippen MR) is 92.4 cm³/mol. The number of nitrogen functional groups attached to an aromatic ring is 1. The van der Waals surface area contributed by atoms with Crippen molar-refractivity contribution in [3.8, 4) is 11.5 Å². The fourth-order valence-corrected chi connectivity index (χ4v) is 2.55. The summed E-state index contributed by atoms with van der Waals surface area (Å²) in [4.78, 5) is 9.72. The van der Waals surface area contributed by atoms with Crippen LogP contribution in [-0.2, 0) is 0 Å². The third kappa shape index (κ3) is 5.03. The number of benzene rings is 2. The Morgan fingerprint density at radius 3 is 1.88 bits per heavy atom. The third-order valence-corrected chi connectivity index (χ3v) is 3.55. The fraction of sp³-hybridized carbons (Fsp3) is 0.143. The summed E-state index contributed by atoms with van der Waals surface area (Å²) < 4.78 is 36.1. The molecule has 10 heteroatoms. The van der Waals surface area contributed by atoms with Crippen LogP contribution in [0.2, 0.25) is 0 Å². The topological polar surface area (TPSA) is 87.6 Å². The minimum atomic E-state index is -0.761. The summed E-state index contributed by atoms with van der Waals surface area (Å²) in [7, 11) is 2.56. The quantitative estimate of drug-likeness (QED) is 0.400. The minimum absolute atomic E-state index is 0.0909. The van der Waals surface area contributed by atoms with Crippen molar-refractivity contribution in [2.24, 2.45) is 0 Å². The lowest BCUT2D eigenvalue weighted by Gasteiger charge is -2.04. The van der Waals surface area contributed by atoms with E-state index in [0.29, 0.717) is 14.6 Å². The van der Waals surface area contributed by atoms with E-state index in [-0.39, 0.29) is 11.5 Å². The summed E-state index contributed by atoms with van der Waals surface area (Å²) in [6.45, 7) is 0. The molecule has 2 aromatic carbocycles.